The average Bonchev–Trinajstić information content (AvgIpc) is 2.99. The molecule has 0 aliphatic heterocycles. The average molecular weight is 367 g/mol. The Bertz CT molecular complexity index is 1140. The van der Waals surface area contributed by atoms with Crippen LogP contribution in [0.2, 0.25) is 5.02 Å². The Balaban J connectivity index is 1.84. The second-order valence-electron chi connectivity index (χ2n) is 5.82. The monoisotopic (exact) mass is 366 g/mol. The van der Waals surface area contributed by atoms with Crippen molar-refractivity contribution in [2.24, 2.45) is 0 Å². The molecule has 7 heteroatoms. The van der Waals surface area contributed by atoms with Crippen LogP contribution in [0.1, 0.15) is 5.56 Å². The molecule has 0 radical (unpaired) electrons. The number of aromatic hydroxyl groups is 1. The highest BCUT2D eigenvalue weighted by Crippen LogP contribution is 2.26. The molecule has 0 amide bonds. The fourth-order valence-electron chi connectivity index (χ4n) is 2.86. The predicted molar refractivity (Wildman–Crippen MR) is 102 cm³/mol. The Morgan fingerprint density at radius 1 is 1.12 bits per heavy atom. The highest BCUT2D eigenvalue weighted by Gasteiger charge is 2.16. The first kappa shape index (κ1) is 16.2. The highest BCUT2D eigenvalue weighted by atomic mass is 35.5. The van der Waals surface area contributed by atoms with E-state index in [-0.39, 0.29) is 5.88 Å². The van der Waals surface area contributed by atoms with Crippen molar-refractivity contribution in [1.29, 1.82) is 0 Å². The molecule has 2 heterocycles. The van der Waals surface area contributed by atoms with Crippen LogP contribution in [-0.2, 0) is 6.54 Å². The number of pyridine rings is 1. The number of nitrogens with zero attached hydrogens (tertiary/aromatic N) is 2. The van der Waals surface area contributed by atoms with E-state index in [0.717, 1.165) is 11.3 Å². The molecule has 0 bridgehead atoms. The molecule has 0 saturated carbocycles. The molecule has 0 spiro atoms. The zero-order chi connectivity index (χ0) is 18.1. The van der Waals surface area contributed by atoms with Gasteiger partial charge in [0, 0.05) is 17.6 Å². The highest BCUT2D eigenvalue weighted by molar-refractivity contribution is 6.30. The van der Waals surface area contributed by atoms with Crippen LogP contribution in [0.5, 0.6) is 5.88 Å². The number of H-pyrrole nitrogens is 1. The molecule has 3 N–H and O–H groups in total. The number of fused-ring (bicyclic) bond motifs is 1. The van der Waals surface area contributed by atoms with Gasteiger partial charge in [-0.15, -0.1) is 0 Å². The molecular weight excluding hydrogens is 352 g/mol. The predicted octanol–water partition coefficient (Wildman–Crippen LogP) is 3.68. The summed E-state index contributed by atoms with van der Waals surface area (Å²) in [5.74, 6) is 0.328. The van der Waals surface area contributed by atoms with Gasteiger partial charge in [-0.1, -0.05) is 41.9 Å². The second-order valence-corrected chi connectivity index (χ2v) is 6.26. The summed E-state index contributed by atoms with van der Waals surface area (Å²) in [6.07, 6.45) is 0. The number of aromatic amines is 1. The van der Waals surface area contributed by atoms with Gasteiger partial charge in [0.05, 0.1) is 5.69 Å². The van der Waals surface area contributed by atoms with Gasteiger partial charge >= 0.3 is 0 Å². The van der Waals surface area contributed by atoms with E-state index in [1.165, 1.54) is 6.07 Å². The summed E-state index contributed by atoms with van der Waals surface area (Å²) >= 11 is 6.04. The Morgan fingerprint density at radius 3 is 2.69 bits per heavy atom. The van der Waals surface area contributed by atoms with Gasteiger partial charge in [-0.2, -0.15) is 5.10 Å². The molecular formula is C19H15ClN4O2. The normalized spacial score (nSPS) is 11.0. The first-order valence-electron chi connectivity index (χ1n) is 8.00. The Morgan fingerprint density at radius 2 is 1.92 bits per heavy atom. The van der Waals surface area contributed by atoms with E-state index in [9.17, 15) is 9.90 Å². The first-order valence-corrected chi connectivity index (χ1v) is 8.38. The van der Waals surface area contributed by atoms with Gasteiger partial charge in [-0.25, -0.2) is 4.68 Å². The zero-order valence-electron chi connectivity index (χ0n) is 13.6. The lowest BCUT2D eigenvalue weighted by molar-refractivity contribution is 0.453. The zero-order valence-corrected chi connectivity index (χ0v) is 14.4. The summed E-state index contributed by atoms with van der Waals surface area (Å²) in [6.45, 7) is 0.467. The third-order valence-corrected chi connectivity index (χ3v) is 4.24. The maximum atomic E-state index is 12.4. The van der Waals surface area contributed by atoms with Gasteiger partial charge in [-0.3, -0.25) is 9.78 Å². The number of hydrogen-bond acceptors (Lipinski definition) is 4. The Labute approximate surface area is 153 Å². The van der Waals surface area contributed by atoms with E-state index >= 15 is 0 Å². The number of aromatic nitrogens is 3. The number of benzene rings is 2. The molecule has 0 unspecified atom stereocenters. The van der Waals surface area contributed by atoms with Gasteiger partial charge in [0.1, 0.15) is 16.7 Å². The van der Waals surface area contributed by atoms with Crippen LogP contribution in [0.4, 0.5) is 5.82 Å². The van der Waals surface area contributed by atoms with Crippen LogP contribution >= 0.6 is 11.6 Å². The topological polar surface area (TPSA) is 82.9 Å². The molecule has 130 valence electrons. The standard InChI is InChI=1S/C19H15ClN4O2/c20-13-6-4-5-12(9-13)11-21-18-17-15(10-16(25)22-19(17)26)23-24(18)14-7-2-1-3-8-14/h1-10,21,25H,11H2,(H,22,26). The summed E-state index contributed by atoms with van der Waals surface area (Å²) < 4.78 is 1.66. The van der Waals surface area contributed by atoms with Crippen molar-refractivity contribution in [3.63, 3.8) is 0 Å². The van der Waals surface area contributed by atoms with E-state index in [4.69, 9.17) is 11.6 Å². The van der Waals surface area contributed by atoms with Gasteiger partial charge in [0.2, 0.25) is 0 Å². The van der Waals surface area contributed by atoms with E-state index in [1.807, 2.05) is 54.6 Å². The van der Waals surface area contributed by atoms with Gasteiger partial charge in [0.15, 0.2) is 5.88 Å². The SMILES string of the molecule is O=c1[nH]c(O)cc2nn(-c3ccccc3)c(NCc3cccc(Cl)c3)c12. The minimum atomic E-state index is -0.407. The van der Waals surface area contributed by atoms with Crippen LogP contribution in [-0.4, -0.2) is 19.9 Å². The number of hydrogen-bond donors (Lipinski definition) is 3. The molecule has 4 aromatic rings. The molecule has 4 rings (SSSR count). The summed E-state index contributed by atoms with van der Waals surface area (Å²) in [4.78, 5) is 14.8. The smallest absolute Gasteiger partial charge is 0.264 e. The molecule has 0 aliphatic rings. The summed E-state index contributed by atoms with van der Waals surface area (Å²) in [6, 6.07) is 18.4. The first-order chi connectivity index (χ1) is 12.6. The lowest BCUT2D eigenvalue weighted by Crippen LogP contribution is -2.10. The third kappa shape index (κ3) is 3.02. The molecule has 2 aromatic carbocycles. The van der Waals surface area contributed by atoms with Crippen molar-refractivity contribution >= 4 is 28.3 Å². The third-order valence-electron chi connectivity index (χ3n) is 4.00. The molecule has 0 atom stereocenters. The number of anilines is 1. The van der Waals surface area contributed by atoms with Gasteiger partial charge in [-0.05, 0) is 29.8 Å². The minimum absolute atomic E-state index is 0.221. The quantitative estimate of drug-likeness (QED) is 0.514. The summed E-state index contributed by atoms with van der Waals surface area (Å²) in [5.41, 5.74) is 1.78. The van der Waals surface area contributed by atoms with Crippen LogP contribution in [0.15, 0.2) is 65.5 Å². The largest absolute Gasteiger partial charge is 0.494 e. The lowest BCUT2D eigenvalue weighted by atomic mass is 10.2. The maximum absolute atomic E-state index is 12.4. The van der Waals surface area contributed by atoms with Gasteiger partial charge in [0.25, 0.3) is 5.56 Å². The number of nitrogens with one attached hydrogen (secondary N) is 2. The van der Waals surface area contributed by atoms with Crippen LogP contribution in [0.3, 0.4) is 0 Å². The van der Waals surface area contributed by atoms with Crippen molar-refractivity contribution in [3.05, 3.63) is 81.6 Å². The van der Waals surface area contributed by atoms with E-state index < -0.39 is 5.56 Å². The van der Waals surface area contributed by atoms with Crippen molar-refractivity contribution in [2.45, 2.75) is 6.54 Å². The number of halogens is 1. The van der Waals surface area contributed by atoms with Crippen molar-refractivity contribution in [3.8, 4) is 11.6 Å². The maximum Gasteiger partial charge on any atom is 0.264 e. The molecule has 0 fully saturated rings. The fraction of sp³-hybridized carbons (Fsp3) is 0.0526. The Hall–Kier alpha value is -3.25. The van der Waals surface area contributed by atoms with Crippen LogP contribution < -0.4 is 10.9 Å². The summed E-state index contributed by atoms with van der Waals surface area (Å²) in [5, 5.41) is 18.5. The van der Waals surface area contributed by atoms with Gasteiger partial charge < -0.3 is 10.4 Å². The van der Waals surface area contributed by atoms with Crippen LogP contribution in [0, 0.1) is 0 Å². The van der Waals surface area contributed by atoms with E-state index in [1.54, 1.807) is 4.68 Å². The van der Waals surface area contributed by atoms with E-state index in [2.05, 4.69) is 15.4 Å². The molecule has 6 nitrogen and oxygen atoms in total. The molecule has 0 saturated heterocycles. The Kier molecular flexibility index (Phi) is 4.10. The summed E-state index contributed by atoms with van der Waals surface area (Å²) in [7, 11) is 0. The van der Waals surface area contributed by atoms with Crippen molar-refractivity contribution in [2.75, 3.05) is 5.32 Å². The van der Waals surface area contributed by atoms with E-state index in [0.29, 0.717) is 28.3 Å². The number of para-hydroxylation sites is 1. The number of rotatable bonds is 4. The van der Waals surface area contributed by atoms with Crippen LogP contribution in [0.25, 0.3) is 16.6 Å². The fourth-order valence-corrected chi connectivity index (χ4v) is 3.07. The molecule has 2 aromatic heterocycles. The van der Waals surface area contributed by atoms with Crippen molar-refractivity contribution < 1.29 is 5.11 Å². The second kappa shape index (κ2) is 6.57. The molecule has 0 aliphatic carbocycles. The molecule has 26 heavy (non-hydrogen) atoms. The minimum Gasteiger partial charge on any atom is -0.494 e. The van der Waals surface area contributed by atoms with Crippen molar-refractivity contribution in [1.82, 2.24) is 14.8 Å². The lowest BCUT2D eigenvalue weighted by Gasteiger charge is -2.10.